The van der Waals surface area contributed by atoms with E-state index in [1.54, 1.807) is 0 Å². The van der Waals surface area contributed by atoms with E-state index in [2.05, 4.69) is 4.52 Å². The summed E-state index contributed by atoms with van der Waals surface area (Å²) in [4.78, 5) is 5.55. The van der Waals surface area contributed by atoms with Gasteiger partial charge in [0, 0.05) is 0 Å². The van der Waals surface area contributed by atoms with Crippen LogP contribution in [0.5, 0.6) is 0 Å². The third-order valence-corrected chi connectivity index (χ3v) is 8.33. The third kappa shape index (κ3) is 4.13. The van der Waals surface area contributed by atoms with Gasteiger partial charge in [0.2, 0.25) is 8.45 Å². The predicted molar refractivity (Wildman–Crippen MR) is 76.1 cm³/mol. The van der Waals surface area contributed by atoms with Gasteiger partial charge in [0.05, 0.1) is 13.2 Å². The Labute approximate surface area is 110 Å². The number of hydrogen-bond acceptors (Lipinski definition) is 9. The van der Waals surface area contributed by atoms with Crippen molar-refractivity contribution >= 4 is 24.3 Å². The first kappa shape index (κ1) is 16.8. The Morgan fingerprint density at radius 1 is 1.22 bits per heavy atom. The molecule has 0 aromatic carbocycles. The highest BCUT2D eigenvalue weighted by atomic mass is 31.3. The number of hydrogen-bond donors (Lipinski definition) is 4. The lowest BCUT2D eigenvalue weighted by Crippen LogP contribution is -2.38. The van der Waals surface area contributed by atoms with E-state index < -0.39 is 24.3 Å². The second-order valence-corrected chi connectivity index (χ2v) is 9.34. The van der Waals surface area contributed by atoms with Crippen LogP contribution in [0.1, 0.15) is 26.7 Å². The van der Waals surface area contributed by atoms with Crippen LogP contribution in [-0.4, -0.2) is 22.4 Å². The van der Waals surface area contributed by atoms with Crippen molar-refractivity contribution in [2.75, 3.05) is 13.2 Å². The zero-order valence-corrected chi connectivity index (χ0v) is 13.3. The van der Waals surface area contributed by atoms with Crippen molar-refractivity contribution in [3.05, 3.63) is 0 Å². The second kappa shape index (κ2) is 7.53. The standard InChI is InChI=1S/C6H22N7O2P3/c1-3-5-14-13-17(15-6-4-2)12(7)16(8)11-18(13,9)10/h3-10H2,1-2H3. The van der Waals surface area contributed by atoms with Gasteiger partial charge >= 0.3 is 0 Å². The van der Waals surface area contributed by atoms with Crippen molar-refractivity contribution in [1.29, 1.82) is 0 Å². The minimum Gasteiger partial charge on any atom is -0.329 e. The summed E-state index contributed by atoms with van der Waals surface area (Å²) in [6, 6.07) is 0. The van der Waals surface area contributed by atoms with Crippen LogP contribution in [0.3, 0.4) is 0 Å². The third-order valence-electron chi connectivity index (χ3n) is 1.86. The SMILES string of the molecule is CCCON1P(OCCC)N(N)P(N)N=P1(N)N. The minimum absolute atomic E-state index is 0.482. The van der Waals surface area contributed by atoms with Gasteiger partial charge in [0.15, 0.2) is 15.9 Å². The molecule has 1 rings (SSSR count). The summed E-state index contributed by atoms with van der Waals surface area (Å²) in [6.45, 7) is 5.00. The first-order valence-corrected chi connectivity index (χ1v) is 9.90. The molecule has 0 aliphatic carbocycles. The van der Waals surface area contributed by atoms with Gasteiger partial charge in [-0.05, 0) is 12.8 Å². The van der Waals surface area contributed by atoms with Gasteiger partial charge in [-0.25, -0.2) is 4.52 Å². The van der Waals surface area contributed by atoms with Crippen LogP contribution in [0.15, 0.2) is 4.52 Å². The molecule has 12 heteroatoms. The maximum absolute atomic E-state index is 5.99. The average Bonchev–Trinajstić information content (AvgIpc) is 2.30. The lowest BCUT2D eigenvalue weighted by atomic mass is 10.5. The van der Waals surface area contributed by atoms with Gasteiger partial charge in [-0.1, -0.05) is 18.5 Å². The molecule has 0 aromatic heterocycles. The van der Waals surface area contributed by atoms with Gasteiger partial charge in [-0.15, -0.1) is 4.55 Å². The predicted octanol–water partition coefficient (Wildman–Crippen LogP) is 1.52. The molecular formula is C6H22N7O2P3. The first-order valence-electron chi connectivity index (χ1n) is 5.59. The molecule has 18 heavy (non-hydrogen) atoms. The first-order chi connectivity index (χ1) is 8.44. The summed E-state index contributed by atoms with van der Waals surface area (Å²) >= 11 is 0. The molecule has 0 saturated carbocycles. The van der Waals surface area contributed by atoms with E-state index in [4.69, 9.17) is 31.7 Å². The van der Waals surface area contributed by atoms with E-state index >= 15 is 0 Å². The molecule has 2 atom stereocenters. The van der Waals surface area contributed by atoms with Crippen molar-refractivity contribution in [3.63, 3.8) is 0 Å². The summed E-state index contributed by atoms with van der Waals surface area (Å²) in [5.41, 5.74) is 17.8. The number of rotatable bonds is 6. The van der Waals surface area contributed by atoms with Gasteiger partial charge in [-0.3, -0.25) is 27.2 Å². The van der Waals surface area contributed by atoms with Crippen LogP contribution >= 0.6 is 24.3 Å². The molecule has 0 saturated heterocycles. The average molecular weight is 317 g/mol. The Bertz CT molecular complexity index is 314. The summed E-state index contributed by atoms with van der Waals surface area (Å²) in [5, 5.41) is 0. The molecule has 1 aliphatic heterocycles. The van der Waals surface area contributed by atoms with Crippen LogP contribution in [0.2, 0.25) is 0 Å². The number of nitrogens with two attached hydrogens (primary N) is 4. The smallest absolute Gasteiger partial charge is 0.241 e. The fraction of sp³-hybridized carbons (Fsp3) is 1.00. The van der Waals surface area contributed by atoms with Gasteiger partial charge < -0.3 is 4.52 Å². The fourth-order valence-electron chi connectivity index (χ4n) is 1.10. The second-order valence-electron chi connectivity index (χ2n) is 3.60. The molecule has 2 unspecified atom stereocenters. The molecule has 0 radical (unpaired) electrons. The summed E-state index contributed by atoms with van der Waals surface area (Å²) in [6.07, 6.45) is 1.68. The van der Waals surface area contributed by atoms with Crippen molar-refractivity contribution in [1.82, 2.24) is 9.15 Å². The molecule has 0 amide bonds. The highest BCUT2D eigenvalue weighted by Gasteiger charge is 2.42. The molecule has 0 spiro atoms. The molecule has 0 aromatic rings. The van der Waals surface area contributed by atoms with Crippen LogP contribution in [0, 0.1) is 0 Å². The number of hydrazine groups is 1. The van der Waals surface area contributed by atoms with E-state index in [0.717, 1.165) is 12.8 Å². The Morgan fingerprint density at radius 2 is 1.83 bits per heavy atom. The topological polar surface area (TPSA) is 141 Å². The zero-order chi connectivity index (χ0) is 13.8. The highest BCUT2D eigenvalue weighted by Crippen LogP contribution is 2.69. The minimum atomic E-state index is -2.74. The largest absolute Gasteiger partial charge is 0.329 e. The Balaban J connectivity index is 2.90. The highest BCUT2D eigenvalue weighted by molar-refractivity contribution is 7.80. The van der Waals surface area contributed by atoms with E-state index in [1.165, 1.54) is 9.15 Å². The molecule has 9 nitrogen and oxygen atoms in total. The van der Waals surface area contributed by atoms with Crippen molar-refractivity contribution < 1.29 is 9.36 Å². The maximum Gasteiger partial charge on any atom is 0.241 e. The summed E-state index contributed by atoms with van der Waals surface area (Å²) < 4.78 is 12.6. The monoisotopic (exact) mass is 317 g/mol. The summed E-state index contributed by atoms with van der Waals surface area (Å²) in [7, 11) is -5.57. The van der Waals surface area contributed by atoms with Gasteiger partial charge in [0.25, 0.3) is 0 Å². The Morgan fingerprint density at radius 3 is 2.39 bits per heavy atom. The fourth-order valence-corrected chi connectivity index (χ4v) is 7.27. The maximum atomic E-state index is 5.99. The molecule has 1 heterocycles. The molecule has 108 valence electrons. The molecule has 1 aliphatic rings. The normalized spacial score (nSPS) is 29.2. The summed E-state index contributed by atoms with van der Waals surface area (Å²) in [5.74, 6) is 5.88. The lowest BCUT2D eigenvalue weighted by molar-refractivity contribution is -0.0246. The van der Waals surface area contributed by atoms with Crippen LogP contribution in [-0.2, 0) is 9.36 Å². The zero-order valence-electron chi connectivity index (χ0n) is 10.6. The molecule has 0 fully saturated rings. The van der Waals surface area contributed by atoms with E-state index in [1.807, 2.05) is 13.8 Å². The Hall–Kier alpha value is 0.770. The number of nitrogens with zero attached hydrogens (tertiary/aromatic N) is 3. The quantitative estimate of drug-likeness (QED) is 0.427. The van der Waals surface area contributed by atoms with E-state index in [0.29, 0.717) is 13.2 Å². The Kier molecular flexibility index (Phi) is 7.03. The van der Waals surface area contributed by atoms with Crippen molar-refractivity contribution in [2.45, 2.75) is 26.7 Å². The van der Waals surface area contributed by atoms with Gasteiger partial charge in [-0.2, -0.15) is 0 Å². The molecule has 8 N–H and O–H groups in total. The van der Waals surface area contributed by atoms with Crippen molar-refractivity contribution in [3.8, 4) is 0 Å². The van der Waals surface area contributed by atoms with Gasteiger partial charge in [0.1, 0.15) is 0 Å². The van der Waals surface area contributed by atoms with E-state index in [-0.39, 0.29) is 0 Å². The van der Waals surface area contributed by atoms with Crippen LogP contribution in [0.4, 0.5) is 0 Å². The molecular weight excluding hydrogens is 295 g/mol. The van der Waals surface area contributed by atoms with Crippen LogP contribution < -0.4 is 22.4 Å². The van der Waals surface area contributed by atoms with Crippen molar-refractivity contribution in [2.24, 2.45) is 26.9 Å². The van der Waals surface area contributed by atoms with Crippen LogP contribution in [0.25, 0.3) is 0 Å². The molecule has 0 bridgehead atoms. The van der Waals surface area contributed by atoms with E-state index in [9.17, 15) is 0 Å². The lowest BCUT2D eigenvalue weighted by Gasteiger charge is -2.42.